The van der Waals surface area contributed by atoms with Crippen LogP contribution in [0.15, 0.2) is 36.0 Å². The fraction of sp³-hybridized carbons (Fsp3) is 0.438. The van der Waals surface area contributed by atoms with Gasteiger partial charge < -0.3 is 0 Å². The van der Waals surface area contributed by atoms with Gasteiger partial charge in [-0.3, -0.25) is 25.7 Å². The second-order valence-electron chi connectivity index (χ2n) is 6.00. The lowest BCUT2D eigenvalue weighted by Gasteiger charge is -2.32. The highest BCUT2D eigenvalue weighted by molar-refractivity contribution is 5.70. The van der Waals surface area contributed by atoms with Crippen molar-refractivity contribution in [2.75, 3.05) is 5.43 Å². The molecule has 0 aliphatic heterocycles. The van der Waals surface area contributed by atoms with E-state index in [0.29, 0.717) is 0 Å². The summed E-state index contributed by atoms with van der Waals surface area (Å²) < 4.78 is 0. The van der Waals surface area contributed by atoms with Gasteiger partial charge in [-0.05, 0) is 25.3 Å². The molecular weight excluding hydrogens is 312 g/mol. The number of hydrogen-bond donors (Lipinski definition) is 1. The van der Waals surface area contributed by atoms with E-state index in [2.05, 4.69) is 17.1 Å². The van der Waals surface area contributed by atoms with Crippen LogP contribution in [0.5, 0.6) is 0 Å². The summed E-state index contributed by atoms with van der Waals surface area (Å²) in [6.45, 7) is 3.79. The quantitative estimate of drug-likeness (QED) is 0.344. The molecule has 1 aromatic carbocycles. The third-order valence-electron chi connectivity index (χ3n) is 4.31. The van der Waals surface area contributed by atoms with Crippen LogP contribution in [0, 0.1) is 25.6 Å². The van der Waals surface area contributed by atoms with E-state index in [1.165, 1.54) is 18.6 Å². The van der Waals surface area contributed by atoms with Crippen LogP contribution < -0.4 is 5.43 Å². The predicted octanol–water partition coefficient (Wildman–Crippen LogP) is 4.43. The topological polar surface area (TPSA) is 111 Å². The molecular formula is C16H20N4O4. The number of benzene rings is 1. The molecule has 0 bridgehead atoms. The molecule has 0 saturated heterocycles. The number of nitrogens with one attached hydrogen (secondary N) is 1. The number of nitro benzene ring substituents is 2. The Hall–Kier alpha value is -2.77. The molecule has 0 heterocycles. The Morgan fingerprint density at radius 3 is 2.50 bits per heavy atom. The smallest absolute Gasteiger partial charge is 0.272 e. The number of allylic oxidation sites excluding steroid dienone is 1. The van der Waals surface area contributed by atoms with Crippen molar-refractivity contribution in [1.82, 2.24) is 0 Å². The van der Waals surface area contributed by atoms with E-state index in [1.54, 1.807) is 6.21 Å². The Morgan fingerprint density at radius 2 is 1.92 bits per heavy atom. The van der Waals surface area contributed by atoms with Crippen LogP contribution in [0.25, 0.3) is 0 Å². The zero-order valence-corrected chi connectivity index (χ0v) is 13.3. The van der Waals surface area contributed by atoms with Gasteiger partial charge in [0.25, 0.3) is 5.69 Å². The summed E-state index contributed by atoms with van der Waals surface area (Å²) in [7, 11) is 0. The zero-order chi connectivity index (χ0) is 17.6. The molecule has 8 heteroatoms. The lowest BCUT2D eigenvalue weighted by Crippen LogP contribution is -2.25. The first kappa shape index (κ1) is 17.6. The van der Waals surface area contributed by atoms with Crippen molar-refractivity contribution < 1.29 is 9.85 Å². The van der Waals surface area contributed by atoms with Crippen molar-refractivity contribution in [2.24, 2.45) is 10.5 Å². The van der Waals surface area contributed by atoms with Gasteiger partial charge in [0.1, 0.15) is 5.69 Å². The summed E-state index contributed by atoms with van der Waals surface area (Å²) in [6.07, 6.45) is 9.94. The van der Waals surface area contributed by atoms with Crippen molar-refractivity contribution in [3.8, 4) is 0 Å². The Kier molecular flexibility index (Phi) is 5.62. The van der Waals surface area contributed by atoms with Crippen molar-refractivity contribution in [3.63, 3.8) is 0 Å². The Balaban J connectivity index is 2.19. The summed E-state index contributed by atoms with van der Waals surface area (Å²) in [4.78, 5) is 20.5. The average Bonchev–Trinajstić information content (AvgIpc) is 2.56. The van der Waals surface area contributed by atoms with Crippen molar-refractivity contribution in [1.29, 1.82) is 0 Å². The third-order valence-corrected chi connectivity index (χ3v) is 4.31. The van der Waals surface area contributed by atoms with E-state index in [9.17, 15) is 20.2 Å². The van der Waals surface area contributed by atoms with E-state index < -0.39 is 9.85 Å². The first-order chi connectivity index (χ1) is 11.5. The number of nitro groups is 2. The molecule has 0 radical (unpaired) electrons. The Labute approximate surface area is 139 Å². The molecule has 1 aliphatic rings. The fourth-order valence-electron chi connectivity index (χ4n) is 3.05. The molecule has 1 fully saturated rings. The minimum atomic E-state index is -0.666. The molecule has 1 aliphatic carbocycles. The minimum Gasteiger partial charge on any atom is -0.272 e. The summed E-state index contributed by atoms with van der Waals surface area (Å²) in [5.74, 6) is 0. The van der Waals surface area contributed by atoms with Crippen LogP contribution in [-0.2, 0) is 0 Å². The van der Waals surface area contributed by atoms with E-state index in [1.807, 2.05) is 6.08 Å². The fourth-order valence-corrected chi connectivity index (χ4v) is 3.05. The summed E-state index contributed by atoms with van der Waals surface area (Å²) in [6, 6.07) is 3.44. The summed E-state index contributed by atoms with van der Waals surface area (Å²) in [5.41, 5.74) is 2.03. The second-order valence-corrected chi connectivity index (χ2v) is 6.00. The van der Waals surface area contributed by atoms with E-state index in [0.717, 1.165) is 38.2 Å². The maximum atomic E-state index is 11.1. The number of anilines is 1. The largest absolute Gasteiger partial charge is 0.301 e. The number of rotatable bonds is 7. The monoisotopic (exact) mass is 332 g/mol. The number of nitrogens with zero attached hydrogens (tertiary/aromatic N) is 3. The maximum Gasteiger partial charge on any atom is 0.301 e. The predicted molar refractivity (Wildman–Crippen MR) is 92.2 cm³/mol. The van der Waals surface area contributed by atoms with E-state index >= 15 is 0 Å². The van der Waals surface area contributed by atoms with Gasteiger partial charge in [0, 0.05) is 17.7 Å². The molecule has 0 atom stereocenters. The van der Waals surface area contributed by atoms with Crippen LogP contribution in [-0.4, -0.2) is 16.1 Å². The molecule has 24 heavy (non-hydrogen) atoms. The number of hydrazone groups is 1. The molecule has 0 spiro atoms. The Bertz CT molecular complexity index is 666. The highest BCUT2D eigenvalue weighted by atomic mass is 16.6. The molecule has 1 N–H and O–H groups in total. The van der Waals surface area contributed by atoms with Gasteiger partial charge in [0.05, 0.1) is 15.9 Å². The van der Waals surface area contributed by atoms with E-state index in [-0.39, 0.29) is 22.5 Å². The van der Waals surface area contributed by atoms with Gasteiger partial charge in [-0.15, -0.1) is 6.58 Å². The van der Waals surface area contributed by atoms with Crippen LogP contribution in [0.3, 0.4) is 0 Å². The Morgan fingerprint density at radius 1 is 1.21 bits per heavy atom. The van der Waals surface area contributed by atoms with E-state index in [4.69, 9.17) is 0 Å². The van der Waals surface area contributed by atoms with Gasteiger partial charge in [-0.2, -0.15) is 5.10 Å². The van der Waals surface area contributed by atoms with Gasteiger partial charge in [-0.1, -0.05) is 25.3 Å². The number of non-ortho nitro benzene ring substituents is 1. The van der Waals surface area contributed by atoms with Gasteiger partial charge in [0.2, 0.25) is 0 Å². The lowest BCUT2D eigenvalue weighted by atomic mass is 9.73. The van der Waals surface area contributed by atoms with Crippen LogP contribution >= 0.6 is 0 Å². The van der Waals surface area contributed by atoms with Crippen molar-refractivity contribution in [3.05, 3.63) is 51.1 Å². The normalized spacial score (nSPS) is 16.7. The van der Waals surface area contributed by atoms with Gasteiger partial charge in [0.15, 0.2) is 0 Å². The molecule has 0 unspecified atom stereocenters. The molecule has 0 amide bonds. The molecule has 0 aromatic heterocycles. The highest BCUT2D eigenvalue weighted by Crippen LogP contribution is 2.38. The summed E-state index contributed by atoms with van der Waals surface area (Å²) in [5, 5.41) is 26.0. The summed E-state index contributed by atoms with van der Waals surface area (Å²) >= 11 is 0. The minimum absolute atomic E-state index is 0.0669. The van der Waals surface area contributed by atoms with Crippen molar-refractivity contribution in [2.45, 2.75) is 38.5 Å². The maximum absolute atomic E-state index is 11.1. The zero-order valence-electron chi connectivity index (χ0n) is 13.3. The number of hydrogen-bond acceptors (Lipinski definition) is 6. The van der Waals surface area contributed by atoms with Crippen LogP contribution in [0.4, 0.5) is 17.1 Å². The molecule has 8 nitrogen and oxygen atoms in total. The van der Waals surface area contributed by atoms with Crippen LogP contribution in [0.2, 0.25) is 0 Å². The molecule has 1 saturated carbocycles. The standard InChI is InChI=1S/C16H20N4O4/c1-2-8-16(9-4-3-5-10-16)12-17-18-14-7-6-13(19(21)22)11-15(14)20(23)24/h2,6-7,11-12,18H,1,3-5,8-10H2/b17-12+. The van der Waals surface area contributed by atoms with Crippen molar-refractivity contribution >= 4 is 23.3 Å². The second kappa shape index (κ2) is 7.67. The first-order valence-electron chi connectivity index (χ1n) is 7.81. The first-order valence-corrected chi connectivity index (χ1v) is 7.81. The molecule has 1 aromatic rings. The van der Waals surface area contributed by atoms with Gasteiger partial charge in [-0.25, -0.2) is 0 Å². The SMILES string of the molecule is C=CCC1(/C=N/Nc2ccc([N+](=O)[O-])cc2[N+](=O)[O-])CCCCC1. The van der Waals surface area contributed by atoms with Crippen LogP contribution in [0.1, 0.15) is 38.5 Å². The average molecular weight is 332 g/mol. The van der Waals surface area contributed by atoms with Gasteiger partial charge >= 0.3 is 5.69 Å². The molecule has 128 valence electrons. The third kappa shape index (κ3) is 4.15. The lowest BCUT2D eigenvalue weighted by molar-refractivity contribution is -0.393. The highest BCUT2D eigenvalue weighted by Gasteiger charge is 2.29. The molecule has 2 rings (SSSR count).